The largest absolute Gasteiger partial charge is 0.493 e. The summed E-state index contributed by atoms with van der Waals surface area (Å²) in [6.45, 7) is 0. The summed E-state index contributed by atoms with van der Waals surface area (Å²) in [6, 6.07) is 19.2. The molecule has 4 aromatic rings. The number of methoxy groups -OCH3 is 1. The highest BCUT2D eigenvalue weighted by atomic mass is 16.5. The minimum atomic E-state index is 0.504. The van der Waals surface area contributed by atoms with E-state index in [0.717, 1.165) is 16.6 Å². The molecule has 0 spiro atoms. The second-order valence-corrected chi connectivity index (χ2v) is 5.38. The van der Waals surface area contributed by atoms with Gasteiger partial charge in [-0.1, -0.05) is 30.3 Å². The van der Waals surface area contributed by atoms with Gasteiger partial charge in [0.2, 0.25) is 5.88 Å². The molecule has 0 aliphatic heterocycles. The molecule has 4 rings (SSSR count). The number of nitrogens with zero attached hydrogens (tertiary/aromatic N) is 2. The first kappa shape index (κ1) is 15.0. The van der Waals surface area contributed by atoms with E-state index in [0.29, 0.717) is 23.2 Å². The Labute approximate surface area is 144 Å². The SMILES string of the molecule is COc1ccccc1Oc1nc(Nc2ccn[nH]2)cc2ccccc12. The van der Waals surface area contributed by atoms with Crippen molar-refractivity contribution in [1.82, 2.24) is 15.2 Å². The molecular formula is C19H16N4O2. The number of ether oxygens (including phenoxy) is 2. The van der Waals surface area contributed by atoms with Crippen molar-refractivity contribution in [3.8, 4) is 17.4 Å². The second-order valence-electron chi connectivity index (χ2n) is 5.38. The molecule has 124 valence electrons. The molecule has 6 nitrogen and oxygen atoms in total. The van der Waals surface area contributed by atoms with Gasteiger partial charge in [-0.05, 0) is 29.7 Å². The van der Waals surface area contributed by atoms with E-state index in [1.165, 1.54) is 0 Å². The van der Waals surface area contributed by atoms with Crippen LogP contribution in [0.4, 0.5) is 11.6 Å². The average molecular weight is 332 g/mol. The van der Waals surface area contributed by atoms with Gasteiger partial charge < -0.3 is 14.8 Å². The first-order chi connectivity index (χ1) is 12.3. The summed E-state index contributed by atoms with van der Waals surface area (Å²) >= 11 is 0. The maximum atomic E-state index is 6.07. The van der Waals surface area contributed by atoms with Crippen LogP contribution >= 0.6 is 0 Å². The highest BCUT2D eigenvalue weighted by molar-refractivity contribution is 5.89. The molecule has 2 aromatic carbocycles. The molecule has 0 fully saturated rings. The number of hydrogen-bond donors (Lipinski definition) is 2. The first-order valence-corrected chi connectivity index (χ1v) is 7.80. The molecule has 0 saturated heterocycles. The second kappa shape index (κ2) is 6.52. The third-order valence-electron chi connectivity index (χ3n) is 3.74. The van der Waals surface area contributed by atoms with E-state index in [2.05, 4.69) is 20.5 Å². The topological polar surface area (TPSA) is 72.1 Å². The van der Waals surface area contributed by atoms with Crippen LogP contribution in [0.2, 0.25) is 0 Å². The monoisotopic (exact) mass is 332 g/mol. The number of anilines is 2. The van der Waals surface area contributed by atoms with E-state index in [-0.39, 0.29) is 0 Å². The normalized spacial score (nSPS) is 10.6. The van der Waals surface area contributed by atoms with Crippen LogP contribution in [0.25, 0.3) is 10.8 Å². The summed E-state index contributed by atoms with van der Waals surface area (Å²) in [5, 5.41) is 11.9. The lowest BCUT2D eigenvalue weighted by molar-refractivity contribution is 0.376. The van der Waals surface area contributed by atoms with Crippen LogP contribution in [0.15, 0.2) is 66.9 Å². The van der Waals surface area contributed by atoms with Gasteiger partial charge in [-0.25, -0.2) is 0 Å². The maximum Gasteiger partial charge on any atom is 0.229 e. The molecule has 0 aliphatic rings. The number of hydrogen-bond acceptors (Lipinski definition) is 5. The summed E-state index contributed by atoms with van der Waals surface area (Å²) in [5.74, 6) is 3.19. The number of pyridine rings is 1. The van der Waals surface area contributed by atoms with Gasteiger partial charge >= 0.3 is 0 Å². The zero-order chi connectivity index (χ0) is 17.1. The number of aromatic nitrogens is 3. The van der Waals surface area contributed by atoms with Crippen molar-refractivity contribution < 1.29 is 9.47 Å². The predicted octanol–water partition coefficient (Wildman–Crippen LogP) is 4.50. The Morgan fingerprint density at radius 2 is 1.76 bits per heavy atom. The fourth-order valence-electron chi connectivity index (χ4n) is 2.58. The minimum Gasteiger partial charge on any atom is -0.493 e. The van der Waals surface area contributed by atoms with Crippen LogP contribution in [0.5, 0.6) is 17.4 Å². The molecule has 0 bridgehead atoms. The summed E-state index contributed by atoms with van der Waals surface area (Å²) in [5.41, 5.74) is 0. The van der Waals surface area contributed by atoms with E-state index in [9.17, 15) is 0 Å². The Hall–Kier alpha value is -3.54. The maximum absolute atomic E-state index is 6.07. The lowest BCUT2D eigenvalue weighted by atomic mass is 10.1. The lowest BCUT2D eigenvalue weighted by Gasteiger charge is -2.13. The van der Waals surface area contributed by atoms with Crippen LogP contribution in [0.1, 0.15) is 0 Å². The van der Waals surface area contributed by atoms with Gasteiger partial charge in [-0.15, -0.1) is 0 Å². The molecular weight excluding hydrogens is 316 g/mol. The number of fused-ring (bicyclic) bond motifs is 1. The van der Waals surface area contributed by atoms with Gasteiger partial charge in [-0.2, -0.15) is 10.1 Å². The summed E-state index contributed by atoms with van der Waals surface area (Å²) in [6.07, 6.45) is 1.68. The summed E-state index contributed by atoms with van der Waals surface area (Å²) in [7, 11) is 1.62. The zero-order valence-corrected chi connectivity index (χ0v) is 13.6. The fourth-order valence-corrected chi connectivity index (χ4v) is 2.58. The van der Waals surface area contributed by atoms with Crippen LogP contribution < -0.4 is 14.8 Å². The smallest absolute Gasteiger partial charge is 0.229 e. The quantitative estimate of drug-likeness (QED) is 0.563. The third kappa shape index (κ3) is 3.10. The molecule has 0 aliphatic carbocycles. The average Bonchev–Trinajstić information content (AvgIpc) is 3.15. The third-order valence-corrected chi connectivity index (χ3v) is 3.74. The molecule has 0 saturated carbocycles. The fraction of sp³-hybridized carbons (Fsp3) is 0.0526. The van der Waals surface area contributed by atoms with E-state index in [1.807, 2.05) is 60.7 Å². The Balaban J connectivity index is 1.78. The van der Waals surface area contributed by atoms with Crippen molar-refractivity contribution in [2.45, 2.75) is 0 Å². The van der Waals surface area contributed by atoms with Crippen molar-refractivity contribution in [2.24, 2.45) is 0 Å². The van der Waals surface area contributed by atoms with Crippen molar-refractivity contribution in [3.63, 3.8) is 0 Å². The summed E-state index contributed by atoms with van der Waals surface area (Å²) in [4.78, 5) is 4.61. The number of rotatable bonds is 5. The predicted molar refractivity (Wildman–Crippen MR) is 96.7 cm³/mol. The molecule has 2 aromatic heterocycles. The van der Waals surface area contributed by atoms with Gasteiger partial charge in [0.25, 0.3) is 0 Å². The molecule has 6 heteroatoms. The van der Waals surface area contributed by atoms with E-state index in [1.54, 1.807) is 13.3 Å². The first-order valence-electron chi connectivity index (χ1n) is 7.80. The van der Waals surface area contributed by atoms with Crippen molar-refractivity contribution in [2.75, 3.05) is 12.4 Å². The minimum absolute atomic E-state index is 0.504. The van der Waals surface area contributed by atoms with Crippen molar-refractivity contribution >= 4 is 22.4 Å². The highest BCUT2D eigenvalue weighted by Gasteiger charge is 2.11. The van der Waals surface area contributed by atoms with Crippen LogP contribution in [-0.2, 0) is 0 Å². The molecule has 0 radical (unpaired) electrons. The number of nitrogens with one attached hydrogen (secondary N) is 2. The Bertz CT molecular complexity index is 999. The van der Waals surface area contributed by atoms with Crippen LogP contribution in [0, 0.1) is 0 Å². The number of benzene rings is 2. The van der Waals surface area contributed by atoms with Gasteiger partial charge in [-0.3, -0.25) is 5.10 Å². The van der Waals surface area contributed by atoms with E-state index >= 15 is 0 Å². The van der Waals surface area contributed by atoms with Crippen molar-refractivity contribution in [1.29, 1.82) is 0 Å². The van der Waals surface area contributed by atoms with Gasteiger partial charge in [0.05, 0.1) is 13.3 Å². The molecule has 0 amide bonds. The molecule has 2 heterocycles. The summed E-state index contributed by atoms with van der Waals surface area (Å²) < 4.78 is 11.4. The molecule has 25 heavy (non-hydrogen) atoms. The Morgan fingerprint density at radius 1 is 0.960 bits per heavy atom. The van der Waals surface area contributed by atoms with Crippen LogP contribution in [-0.4, -0.2) is 22.3 Å². The van der Waals surface area contributed by atoms with E-state index in [4.69, 9.17) is 9.47 Å². The molecule has 0 atom stereocenters. The number of H-pyrrole nitrogens is 1. The van der Waals surface area contributed by atoms with Crippen LogP contribution in [0.3, 0.4) is 0 Å². The molecule has 2 N–H and O–H groups in total. The van der Waals surface area contributed by atoms with Gasteiger partial charge in [0.15, 0.2) is 11.5 Å². The number of aromatic amines is 1. The Kier molecular flexibility index (Phi) is 3.92. The Morgan fingerprint density at radius 3 is 2.56 bits per heavy atom. The molecule has 0 unspecified atom stereocenters. The zero-order valence-electron chi connectivity index (χ0n) is 13.6. The lowest BCUT2D eigenvalue weighted by Crippen LogP contribution is -1.98. The van der Waals surface area contributed by atoms with E-state index < -0.39 is 0 Å². The standard InChI is InChI=1S/C19H16N4O2/c1-24-15-8-4-5-9-16(15)25-19-14-7-3-2-6-13(14)12-18(22-19)21-17-10-11-20-23-17/h2-12H,1H3,(H2,20,21,22,23). The highest BCUT2D eigenvalue weighted by Crippen LogP contribution is 2.35. The van der Waals surface area contributed by atoms with Crippen molar-refractivity contribution in [3.05, 3.63) is 66.9 Å². The van der Waals surface area contributed by atoms with Gasteiger partial charge in [0.1, 0.15) is 11.6 Å². The number of para-hydroxylation sites is 2. The van der Waals surface area contributed by atoms with Gasteiger partial charge in [0, 0.05) is 11.5 Å².